The lowest BCUT2D eigenvalue weighted by Crippen LogP contribution is -2.34. The highest BCUT2D eigenvalue weighted by atomic mass is 16.6. The minimum absolute atomic E-state index is 0.0319. The van der Waals surface area contributed by atoms with Crippen molar-refractivity contribution in [1.29, 1.82) is 0 Å². The first-order chi connectivity index (χ1) is 14.3. The zero-order valence-corrected chi connectivity index (χ0v) is 17.3. The van der Waals surface area contributed by atoms with Crippen molar-refractivity contribution in [3.8, 4) is 0 Å². The molecular weight excluding hydrogens is 392 g/mol. The van der Waals surface area contributed by atoms with Crippen molar-refractivity contribution >= 4 is 17.9 Å². The number of hydrogen-bond donors (Lipinski definition) is 2. The Labute approximate surface area is 175 Å². The number of esters is 3. The van der Waals surface area contributed by atoms with E-state index in [1.54, 1.807) is 0 Å². The largest absolute Gasteiger partial charge is 0.461 e. The second-order valence-electron chi connectivity index (χ2n) is 7.33. The number of hydrogen-bond acceptors (Lipinski definition) is 8. The number of carbonyl (C=O) groups excluding carboxylic acids is 3. The molecule has 30 heavy (non-hydrogen) atoms. The molecule has 1 aliphatic carbocycles. The lowest BCUT2D eigenvalue weighted by molar-refractivity contribution is -0.148. The van der Waals surface area contributed by atoms with Crippen LogP contribution < -0.4 is 0 Å². The molecule has 0 aromatic heterocycles. The molecule has 8 heteroatoms. The van der Waals surface area contributed by atoms with Crippen LogP contribution in [-0.2, 0) is 28.6 Å². The van der Waals surface area contributed by atoms with Crippen LogP contribution in [0.15, 0.2) is 47.1 Å². The molecule has 164 valence electrons. The van der Waals surface area contributed by atoms with E-state index in [0.29, 0.717) is 6.42 Å². The number of aliphatic hydroxyl groups is 2. The quantitative estimate of drug-likeness (QED) is 0.287. The Morgan fingerprint density at radius 2 is 2.10 bits per heavy atom. The third-order valence-electron chi connectivity index (χ3n) is 5.04. The van der Waals surface area contributed by atoms with E-state index in [-0.39, 0.29) is 24.2 Å². The average molecular weight is 420 g/mol. The Balaban J connectivity index is 2.40. The van der Waals surface area contributed by atoms with Crippen molar-refractivity contribution in [1.82, 2.24) is 0 Å². The van der Waals surface area contributed by atoms with Crippen LogP contribution in [0.4, 0.5) is 0 Å². The predicted octanol–water partition coefficient (Wildman–Crippen LogP) is 1.53. The first-order valence-electron chi connectivity index (χ1n) is 9.76. The number of allylic oxidation sites excluding steroid dienone is 2. The van der Waals surface area contributed by atoms with E-state index in [9.17, 15) is 19.5 Å². The van der Waals surface area contributed by atoms with Gasteiger partial charge in [0.05, 0.1) is 24.7 Å². The summed E-state index contributed by atoms with van der Waals surface area (Å²) in [6.07, 6.45) is 5.04. The zero-order valence-electron chi connectivity index (χ0n) is 17.3. The highest BCUT2D eigenvalue weighted by Gasteiger charge is 2.44. The Kier molecular flexibility index (Phi) is 8.56. The molecule has 0 amide bonds. The molecular formula is C22H28O8. The lowest BCUT2D eigenvalue weighted by Gasteiger charge is -2.28. The van der Waals surface area contributed by atoms with Gasteiger partial charge in [0.1, 0.15) is 18.8 Å². The highest BCUT2D eigenvalue weighted by molar-refractivity contribution is 5.92. The van der Waals surface area contributed by atoms with E-state index in [0.717, 1.165) is 23.6 Å². The second-order valence-corrected chi connectivity index (χ2v) is 7.33. The molecule has 1 fully saturated rings. The summed E-state index contributed by atoms with van der Waals surface area (Å²) in [6.45, 7) is 6.04. The van der Waals surface area contributed by atoms with Gasteiger partial charge >= 0.3 is 17.9 Å². The van der Waals surface area contributed by atoms with Gasteiger partial charge in [-0.25, -0.2) is 9.59 Å². The van der Waals surface area contributed by atoms with Crippen LogP contribution in [0.2, 0.25) is 0 Å². The summed E-state index contributed by atoms with van der Waals surface area (Å²) in [6, 6.07) is 0. The predicted molar refractivity (Wildman–Crippen MR) is 107 cm³/mol. The molecule has 0 aromatic rings. The van der Waals surface area contributed by atoms with Crippen LogP contribution in [0.3, 0.4) is 0 Å². The molecule has 0 radical (unpaired) electrons. The molecule has 3 atom stereocenters. The molecule has 1 aliphatic heterocycles. The Bertz CT molecular complexity index is 789. The van der Waals surface area contributed by atoms with Gasteiger partial charge in [-0.2, -0.15) is 0 Å². The topological polar surface area (TPSA) is 119 Å². The molecule has 2 N–H and O–H groups in total. The minimum Gasteiger partial charge on any atom is -0.461 e. The summed E-state index contributed by atoms with van der Waals surface area (Å²) < 4.78 is 16.2. The number of aliphatic hydroxyl groups excluding tert-OH is 2. The number of ether oxygens (including phenoxy) is 3. The van der Waals surface area contributed by atoms with Gasteiger partial charge in [0.25, 0.3) is 0 Å². The third kappa shape index (κ3) is 6.14. The van der Waals surface area contributed by atoms with E-state index in [1.807, 2.05) is 19.1 Å². The summed E-state index contributed by atoms with van der Waals surface area (Å²) in [7, 11) is 0. The molecule has 8 nitrogen and oxygen atoms in total. The Morgan fingerprint density at radius 1 is 1.37 bits per heavy atom. The van der Waals surface area contributed by atoms with E-state index in [1.165, 1.54) is 6.92 Å². The second kappa shape index (κ2) is 10.9. The first-order valence-corrected chi connectivity index (χ1v) is 9.76. The van der Waals surface area contributed by atoms with E-state index in [4.69, 9.17) is 19.3 Å². The van der Waals surface area contributed by atoms with E-state index >= 15 is 0 Å². The van der Waals surface area contributed by atoms with Crippen molar-refractivity contribution in [2.75, 3.05) is 19.8 Å². The molecule has 0 bridgehead atoms. The molecule has 0 saturated carbocycles. The smallest absolute Gasteiger partial charge is 0.336 e. The number of rotatable bonds is 6. The SMILES string of the molecule is C=C1C(=O)O[C@@H]2/C=C(/C)CC/C=C(/COC(C)=O)C[C@@H](OC(=O)/C(=C/CO)CO)[C@@H]12. The lowest BCUT2D eigenvalue weighted by atomic mass is 9.85. The monoisotopic (exact) mass is 420 g/mol. The first kappa shape index (κ1) is 23.6. The van der Waals surface area contributed by atoms with Crippen LogP contribution in [0, 0.1) is 5.92 Å². The van der Waals surface area contributed by atoms with E-state index in [2.05, 4.69) is 6.58 Å². The maximum atomic E-state index is 12.6. The molecule has 2 aliphatic rings. The summed E-state index contributed by atoms with van der Waals surface area (Å²) in [5, 5.41) is 18.5. The molecule has 0 spiro atoms. The molecule has 2 rings (SSSR count). The number of carbonyl (C=O) groups is 3. The summed E-state index contributed by atoms with van der Waals surface area (Å²) >= 11 is 0. The van der Waals surface area contributed by atoms with Gasteiger partial charge in [-0.1, -0.05) is 18.2 Å². The highest BCUT2D eigenvalue weighted by Crippen LogP contribution is 2.36. The van der Waals surface area contributed by atoms with Gasteiger partial charge in [0.2, 0.25) is 0 Å². The van der Waals surface area contributed by atoms with Crippen LogP contribution in [0.1, 0.15) is 33.1 Å². The van der Waals surface area contributed by atoms with Gasteiger partial charge in [-0.3, -0.25) is 4.79 Å². The van der Waals surface area contributed by atoms with Gasteiger partial charge in [0, 0.05) is 18.9 Å². The van der Waals surface area contributed by atoms with Crippen molar-refractivity contribution in [2.24, 2.45) is 5.92 Å². The van der Waals surface area contributed by atoms with Gasteiger partial charge in [0.15, 0.2) is 0 Å². The van der Waals surface area contributed by atoms with Gasteiger partial charge in [-0.15, -0.1) is 0 Å². The van der Waals surface area contributed by atoms with Crippen LogP contribution in [0.25, 0.3) is 0 Å². The van der Waals surface area contributed by atoms with Crippen molar-refractivity contribution in [3.63, 3.8) is 0 Å². The van der Waals surface area contributed by atoms with E-state index < -0.39 is 49.2 Å². The Morgan fingerprint density at radius 3 is 2.73 bits per heavy atom. The maximum absolute atomic E-state index is 12.6. The summed E-state index contributed by atoms with van der Waals surface area (Å²) in [5.74, 6) is -2.45. The molecule has 1 saturated heterocycles. The Hall–Kier alpha value is -2.71. The fourth-order valence-electron chi connectivity index (χ4n) is 3.48. The standard InChI is InChI=1S/C22H28O8/c1-13-5-4-6-16(12-28-15(3)25)10-19(30-22(27)17(11-24)7-8-23)20-14(2)21(26)29-18(20)9-13/h6-7,9,18-20,23-24H,2,4-5,8,10-12H2,1,3H3/b13-9-,16-6+,17-7+/t18-,19-,20+/m1/s1. The third-order valence-corrected chi connectivity index (χ3v) is 5.04. The average Bonchev–Trinajstić information content (AvgIpc) is 2.96. The molecule has 0 aromatic carbocycles. The maximum Gasteiger partial charge on any atom is 0.336 e. The summed E-state index contributed by atoms with van der Waals surface area (Å²) in [5.41, 5.74) is 1.82. The van der Waals surface area contributed by atoms with Crippen LogP contribution in [-0.4, -0.2) is 60.1 Å². The van der Waals surface area contributed by atoms with Crippen LogP contribution in [0.5, 0.6) is 0 Å². The van der Waals surface area contributed by atoms with Crippen molar-refractivity contribution < 1.29 is 38.8 Å². The van der Waals surface area contributed by atoms with Crippen molar-refractivity contribution in [3.05, 3.63) is 47.1 Å². The minimum atomic E-state index is -0.848. The van der Waals surface area contributed by atoms with Crippen molar-refractivity contribution in [2.45, 2.75) is 45.3 Å². The summed E-state index contributed by atoms with van der Waals surface area (Å²) in [4.78, 5) is 36.0. The van der Waals surface area contributed by atoms with Gasteiger partial charge < -0.3 is 24.4 Å². The fourth-order valence-corrected chi connectivity index (χ4v) is 3.48. The normalized spacial score (nSPS) is 28.4. The molecule has 0 unspecified atom stereocenters. The van der Waals surface area contributed by atoms with Gasteiger partial charge in [-0.05, 0) is 37.5 Å². The zero-order chi connectivity index (χ0) is 22.3. The van der Waals surface area contributed by atoms with Crippen LogP contribution >= 0.6 is 0 Å². The number of fused-ring (bicyclic) bond motifs is 1. The molecule has 1 heterocycles. The fraction of sp³-hybridized carbons (Fsp3) is 0.500.